The lowest BCUT2D eigenvalue weighted by Gasteiger charge is -2.24. The molecule has 0 radical (unpaired) electrons. The molecular weight excluding hydrogens is 402 g/mol. The van der Waals surface area contributed by atoms with Gasteiger partial charge in [-0.15, -0.1) is 0 Å². The van der Waals surface area contributed by atoms with E-state index in [4.69, 9.17) is 25.1 Å². The fourth-order valence-electron chi connectivity index (χ4n) is 3.12. The maximum Gasteiger partial charge on any atom is 0.508 e. The first-order valence-electron chi connectivity index (χ1n) is 8.85. The number of nitrogen functional groups attached to an aromatic ring is 1. The first-order chi connectivity index (χ1) is 14.3. The van der Waals surface area contributed by atoms with Crippen molar-refractivity contribution in [2.45, 2.75) is 36.8 Å². The Hall–Kier alpha value is -3.47. The van der Waals surface area contributed by atoms with Crippen LogP contribution in [0.15, 0.2) is 18.5 Å². The lowest BCUT2D eigenvalue weighted by atomic mass is 9.92. The maximum absolute atomic E-state index is 11.6. The van der Waals surface area contributed by atoms with Crippen LogP contribution in [0, 0.1) is 11.3 Å². The summed E-state index contributed by atoms with van der Waals surface area (Å²) in [5, 5.41) is 43.2. The number of carbonyl (C=O) groups excluding carboxylic acids is 1. The molecule has 0 aromatic carbocycles. The SMILES string of the molecule is N#C[C@@]1(c2ccc3c(N)ncnn23)OC(COC(=O)OCCCC(=O)O)[C@@H](O)[C@H]1O. The van der Waals surface area contributed by atoms with Gasteiger partial charge in [-0.3, -0.25) is 4.79 Å². The Morgan fingerprint density at radius 3 is 2.83 bits per heavy atom. The van der Waals surface area contributed by atoms with Crippen molar-refractivity contribution in [3.8, 4) is 6.07 Å². The summed E-state index contributed by atoms with van der Waals surface area (Å²) in [5.74, 6) is -0.885. The second-order valence-electron chi connectivity index (χ2n) is 6.51. The third-order valence-electron chi connectivity index (χ3n) is 4.61. The predicted molar refractivity (Wildman–Crippen MR) is 95.7 cm³/mol. The Kier molecular flexibility index (Phi) is 6.01. The Morgan fingerprint density at radius 1 is 1.37 bits per heavy atom. The molecule has 0 spiro atoms. The quantitative estimate of drug-likeness (QED) is 0.319. The number of hydrogen-bond acceptors (Lipinski definition) is 11. The lowest BCUT2D eigenvalue weighted by Crippen LogP contribution is -2.41. The summed E-state index contributed by atoms with van der Waals surface area (Å²) < 4.78 is 16.5. The van der Waals surface area contributed by atoms with Crippen molar-refractivity contribution in [3.63, 3.8) is 0 Å². The number of aliphatic carboxylic acids is 1. The van der Waals surface area contributed by atoms with E-state index in [9.17, 15) is 25.1 Å². The molecule has 1 aliphatic heterocycles. The molecule has 0 bridgehead atoms. The molecule has 0 aliphatic carbocycles. The van der Waals surface area contributed by atoms with Gasteiger partial charge in [-0.2, -0.15) is 10.4 Å². The summed E-state index contributed by atoms with van der Waals surface area (Å²) in [6.07, 6.45) is -4.49. The van der Waals surface area contributed by atoms with E-state index in [0.29, 0.717) is 5.52 Å². The molecule has 0 amide bonds. The highest BCUT2D eigenvalue weighted by Gasteiger charge is 2.57. The van der Waals surface area contributed by atoms with Gasteiger partial charge in [0, 0.05) is 6.42 Å². The second kappa shape index (κ2) is 8.49. The normalized spacial score (nSPS) is 25.7. The van der Waals surface area contributed by atoms with E-state index in [0.717, 1.165) is 6.33 Å². The van der Waals surface area contributed by atoms with Gasteiger partial charge in [0.2, 0.25) is 5.60 Å². The van der Waals surface area contributed by atoms with Gasteiger partial charge in [-0.1, -0.05) is 0 Å². The highest BCUT2D eigenvalue weighted by Crippen LogP contribution is 2.40. The molecule has 4 atom stereocenters. The standard InChI is InChI=1S/C17H19N5O8/c18-7-17(11-4-3-9-15(19)20-8-21-22(9)11)14(26)13(25)10(30-17)6-29-16(27)28-5-1-2-12(23)24/h3-4,8,10,13-14,25-26H,1-2,5-6H2,(H,23,24)(H2,19,20,21)/t10?,13-,14-,17+/m1/s1. The number of ether oxygens (including phenoxy) is 3. The molecule has 3 heterocycles. The van der Waals surface area contributed by atoms with Crippen molar-refractivity contribution < 1.29 is 39.1 Å². The van der Waals surface area contributed by atoms with Crippen LogP contribution in [0.25, 0.3) is 5.52 Å². The number of anilines is 1. The fourth-order valence-corrected chi connectivity index (χ4v) is 3.12. The van der Waals surface area contributed by atoms with Gasteiger partial charge >= 0.3 is 12.1 Å². The van der Waals surface area contributed by atoms with Gasteiger partial charge in [-0.05, 0) is 18.6 Å². The smallest absolute Gasteiger partial charge is 0.481 e. The van der Waals surface area contributed by atoms with Gasteiger partial charge in [0.15, 0.2) is 5.82 Å². The number of nitriles is 1. The topological polar surface area (TPSA) is 203 Å². The van der Waals surface area contributed by atoms with Crippen LogP contribution in [-0.4, -0.2) is 73.6 Å². The molecule has 1 unspecified atom stereocenters. The molecule has 1 fully saturated rings. The Bertz CT molecular complexity index is 988. The zero-order chi connectivity index (χ0) is 21.9. The maximum atomic E-state index is 11.6. The summed E-state index contributed by atoms with van der Waals surface area (Å²) >= 11 is 0. The number of fused-ring (bicyclic) bond motifs is 1. The zero-order valence-corrected chi connectivity index (χ0v) is 15.5. The number of aromatic nitrogens is 3. The van der Waals surface area contributed by atoms with E-state index in [1.807, 2.05) is 6.07 Å². The number of nitrogens with two attached hydrogens (primary N) is 1. The molecule has 30 heavy (non-hydrogen) atoms. The predicted octanol–water partition coefficient (Wildman–Crippen LogP) is -0.831. The molecule has 5 N–H and O–H groups in total. The summed E-state index contributed by atoms with van der Waals surface area (Å²) in [7, 11) is 0. The van der Waals surface area contributed by atoms with Crippen molar-refractivity contribution in [3.05, 3.63) is 24.2 Å². The van der Waals surface area contributed by atoms with Gasteiger partial charge < -0.3 is 35.3 Å². The number of hydrogen-bond donors (Lipinski definition) is 4. The van der Waals surface area contributed by atoms with Crippen LogP contribution in [0.3, 0.4) is 0 Å². The fraction of sp³-hybridized carbons (Fsp3) is 0.471. The molecule has 2 aromatic rings. The molecule has 13 nitrogen and oxygen atoms in total. The van der Waals surface area contributed by atoms with Crippen molar-refractivity contribution >= 4 is 23.5 Å². The number of nitrogens with zero attached hydrogens (tertiary/aromatic N) is 4. The summed E-state index contributed by atoms with van der Waals surface area (Å²) in [5.41, 5.74) is 4.25. The summed E-state index contributed by atoms with van der Waals surface area (Å²) in [6.45, 7) is -0.679. The zero-order valence-electron chi connectivity index (χ0n) is 15.5. The molecule has 160 valence electrons. The highest BCUT2D eigenvalue weighted by atomic mass is 16.7. The Morgan fingerprint density at radius 2 is 2.13 bits per heavy atom. The second-order valence-corrected chi connectivity index (χ2v) is 6.51. The summed E-state index contributed by atoms with van der Waals surface area (Å²) in [4.78, 5) is 25.9. The van der Waals surface area contributed by atoms with Crippen molar-refractivity contribution in [1.29, 1.82) is 5.26 Å². The third-order valence-corrected chi connectivity index (χ3v) is 4.61. The van der Waals surface area contributed by atoms with Crippen molar-refractivity contribution in [2.75, 3.05) is 18.9 Å². The average Bonchev–Trinajstić information content (AvgIpc) is 3.26. The minimum absolute atomic E-state index is 0.107. The number of carboxylic acids is 1. The van der Waals surface area contributed by atoms with Crippen LogP contribution in [0.4, 0.5) is 10.6 Å². The van der Waals surface area contributed by atoms with E-state index in [1.54, 1.807) is 0 Å². The molecule has 13 heteroatoms. The van der Waals surface area contributed by atoms with Crippen LogP contribution >= 0.6 is 0 Å². The first kappa shape index (κ1) is 21.2. The van der Waals surface area contributed by atoms with Crippen LogP contribution in [0.5, 0.6) is 0 Å². The highest BCUT2D eigenvalue weighted by molar-refractivity contribution is 5.67. The largest absolute Gasteiger partial charge is 0.508 e. The first-order valence-corrected chi connectivity index (χ1v) is 8.85. The van der Waals surface area contributed by atoms with Crippen molar-refractivity contribution in [1.82, 2.24) is 14.6 Å². The van der Waals surface area contributed by atoms with E-state index in [2.05, 4.69) is 10.1 Å². The van der Waals surface area contributed by atoms with Gasteiger partial charge in [0.05, 0.1) is 12.3 Å². The van der Waals surface area contributed by atoms with Crippen LogP contribution in [0.1, 0.15) is 18.5 Å². The number of carboxylic acid groups (broad SMARTS) is 1. The minimum Gasteiger partial charge on any atom is -0.481 e. The van der Waals surface area contributed by atoms with Crippen LogP contribution < -0.4 is 5.73 Å². The van der Waals surface area contributed by atoms with Gasteiger partial charge in [-0.25, -0.2) is 14.3 Å². The molecule has 2 aromatic heterocycles. The Balaban J connectivity index is 1.70. The van der Waals surface area contributed by atoms with Crippen molar-refractivity contribution in [2.24, 2.45) is 0 Å². The average molecular weight is 421 g/mol. The van der Waals surface area contributed by atoms with E-state index < -0.39 is 42.6 Å². The van der Waals surface area contributed by atoms with E-state index >= 15 is 0 Å². The monoisotopic (exact) mass is 421 g/mol. The number of aliphatic hydroxyl groups excluding tert-OH is 2. The number of rotatable bonds is 7. The number of aliphatic hydroxyl groups is 2. The summed E-state index contributed by atoms with van der Waals surface area (Å²) in [6, 6.07) is 4.85. The van der Waals surface area contributed by atoms with Crippen LogP contribution in [0.2, 0.25) is 0 Å². The third kappa shape index (κ3) is 3.83. The molecule has 3 rings (SSSR count). The van der Waals surface area contributed by atoms with Gasteiger partial charge in [0.25, 0.3) is 0 Å². The lowest BCUT2D eigenvalue weighted by molar-refractivity contribution is -0.137. The molecule has 1 saturated heterocycles. The molecular formula is C17H19N5O8. The molecule has 1 aliphatic rings. The van der Waals surface area contributed by atoms with Crippen LogP contribution in [-0.2, 0) is 24.6 Å². The van der Waals surface area contributed by atoms with E-state index in [1.165, 1.54) is 16.6 Å². The minimum atomic E-state index is -2.01. The van der Waals surface area contributed by atoms with E-state index in [-0.39, 0.29) is 31.0 Å². The molecule has 0 saturated carbocycles. The Labute approximate surface area is 169 Å². The number of carbonyl (C=O) groups is 2. The van der Waals surface area contributed by atoms with Gasteiger partial charge in [0.1, 0.15) is 42.8 Å².